The summed E-state index contributed by atoms with van der Waals surface area (Å²) in [6, 6.07) is 7.35. The predicted molar refractivity (Wildman–Crippen MR) is 76.4 cm³/mol. The van der Waals surface area contributed by atoms with Crippen molar-refractivity contribution in [1.29, 1.82) is 0 Å². The van der Waals surface area contributed by atoms with Crippen molar-refractivity contribution >= 4 is 11.9 Å². The van der Waals surface area contributed by atoms with E-state index < -0.39 is 5.97 Å². The number of nitrogens with one attached hydrogen (secondary N) is 1. The molecule has 1 aromatic carbocycles. The molecule has 0 saturated heterocycles. The second-order valence-corrected chi connectivity index (χ2v) is 4.59. The summed E-state index contributed by atoms with van der Waals surface area (Å²) >= 11 is 0. The van der Waals surface area contributed by atoms with Gasteiger partial charge in [0.2, 0.25) is 11.7 Å². The summed E-state index contributed by atoms with van der Waals surface area (Å²) < 4.78 is 0. The highest BCUT2D eigenvalue weighted by Gasteiger charge is 2.05. The molecule has 8 heteroatoms. The van der Waals surface area contributed by atoms with Crippen molar-refractivity contribution < 1.29 is 14.7 Å². The summed E-state index contributed by atoms with van der Waals surface area (Å²) in [6.45, 7) is 0.387. The molecule has 0 fully saturated rings. The largest absolute Gasteiger partial charge is 0.481 e. The van der Waals surface area contributed by atoms with Crippen LogP contribution in [0.4, 0.5) is 0 Å². The van der Waals surface area contributed by atoms with Crippen LogP contribution >= 0.6 is 0 Å². The van der Waals surface area contributed by atoms with Gasteiger partial charge in [-0.05, 0) is 12.0 Å². The molecule has 22 heavy (non-hydrogen) atoms. The minimum Gasteiger partial charge on any atom is -0.481 e. The van der Waals surface area contributed by atoms with Crippen LogP contribution in [0.1, 0.15) is 24.8 Å². The van der Waals surface area contributed by atoms with E-state index in [4.69, 9.17) is 5.11 Å². The number of hydrogen-bond donors (Lipinski definition) is 2. The second kappa shape index (κ2) is 7.77. The van der Waals surface area contributed by atoms with Crippen LogP contribution in [0.2, 0.25) is 0 Å². The van der Waals surface area contributed by atoms with Gasteiger partial charge in [0.25, 0.3) is 0 Å². The lowest BCUT2D eigenvalue weighted by atomic mass is 10.1. The van der Waals surface area contributed by atoms with E-state index in [1.165, 1.54) is 6.33 Å². The molecule has 1 amide bonds. The van der Waals surface area contributed by atoms with Crippen molar-refractivity contribution in [2.45, 2.75) is 25.8 Å². The Kier molecular flexibility index (Phi) is 5.47. The Morgan fingerprint density at radius 3 is 2.36 bits per heavy atom. The van der Waals surface area contributed by atoms with Crippen LogP contribution in [-0.2, 0) is 16.1 Å². The lowest BCUT2D eigenvalue weighted by Crippen LogP contribution is -2.22. The van der Waals surface area contributed by atoms with Crippen molar-refractivity contribution in [3.63, 3.8) is 0 Å². The predicted octanol–water partition coefficient (Wildman–Crippen LogP) is 0.805. The highest BCUT2D eigenvalue weighted by atomic mass is 16.4. The molecule has 0 radical (unpaired) electrons. The first-order valence-corrected chi connectivity index (χ1v) is 6.73. The van der Waals surface area contributed by atoms with Gasteiger partial charge in [0.15, 0.2) is 6.33 Å². The summed E-state index contributed by atoms with van der Waals surface area (Å²) in [5.74, 6) is -0.618. The van der Waals surface area contributed by atoms with Crippen LogP contribution in [0.15, 0.2) is 30.6 Å². The number of hydrogen-bond acceptors (Lipinski definition) is 6. The van der Waals surface area contributed by atoms with Crippen LogP contribution in [0.25, 0.3) is 11.4 Å². The molecule has 8 nitrogen and oxygen atoms in total. The van der Waals surface area contributed by atoms with E-state index >= 15 is 0 Å². The van der Waals surface area contributed by atoms with Crippen molar-refractivity contribution in [2.24, 2.45) is 0 Å². The fourth-order valence-electron chi connectivity index (χ4n) is 1.78. The monoisotopic (exact) mass is 301 g/mol. The van der Waals surface area contributed by atoms with Gasteiger partial charge in [-0.1, -0.05) is 24.3 Å². The summed E-state index contributed by atoms with van der Waals surface area (Å²) in [5, 5.41) is 26.3. The lowest BCUT2D eigenvalue weighted by molar-refractivity contribution is -0.137. The van der Waals surface area contributed by atoms with Crippen molar-refractivity contribution in [1.82, 2.24) is 25.7 Å². The smallest absolute Gasteiger partial charge is 0.303 e. The SMILES string of the molecule is O=C(O)CCCC(=O)NCc1ccc(-c2nncnn2)cc1. The van der Waals surface area contributed by atoms with Gasteiger partial charge in [0.05, 0.1) is 0 Å². The Labute approximate surface area is 126 Å². The van der Waals surface area contributed by atoms with Gasteiger partial charge in [-0.2, -0.15) is 0 Å². The fourth-order valence-corrected chi connectivity index (χ4v) is 1.78. The molecular formula is C14H15N5O3. The van der Waals surface area contributed by atoms with Crippen LogP contribution in [0.5, 0.6) is 0 Å². The molecule has 1 aromatic heterocycles. The van der Waals surface area contributed by atoms with Crippen molar-refractivity contribution in [2.75, 3.05) is 0 Å². The number of aromatic nitrogens is 4. The van der Waals surface area contributed by atoms with E-state index in [-0.39, 0.29) is 18.7 Å². The maximum atomic E-state index is 11.5. The van der Waals surface area contributed by atoms with Crippen LogP contribution in [-0.4, -0.2) is 37.4 Å². The van der Waals surface area contributed by atoms with Gasteiger partial charge in [0.1, 0.15) is 0 Å². The van der Waals surface area contributed by atoms with Crippen LogP contribution < -0.4 is 5.32 Å². The Balaban J connectivity index is 1.82. The second-order valence-electron chi connectivity index (χ2n) is 4.59. The Bertz CT molecular complexity index is 631. The molecule has 0 aliphatic heterocycles. The highest BCUT2D eigenvalue weighted by Crippen LogP contribution is 2.13. The first-order valence-electron chi connectivity index (χ1n) is 6.73. The Morgan fingerprint density at radius 2 is 1.73 bits per heavy atom. The minimum atomic E-state index is -0.893. The van der Waals surface area contributed by atoms with Crippen LogP contribution in [0, 0.1) is 0 Å². The van der Waals surface area contributed by atoms with E-state index in [1.54, 1.807) is 0 Å². The fraction of sp³-hybridized carbons (Fsp3) is 0.286. The summed E-state index contributed by atoms with van der Waals surface area (Å²) in [7, 11) is 0. The van der Waals surface area contributed by atoms with Crippen LogP contribution in [0.3, 0.4) is 0 Å². The molecule has 0 atom stereocenters. The van der Waals surface area contributed by atoms with E-state index in [2.05, 4.69) is 25.7 Å². The molecule has 0 saturated carbocycles. The summed E-state index contributed by atoms with van der Waals surface area (Å²) in [5.41, 5.74) is 1.71. The Morgan fingerprint density at radius 1 is 1.05 bits per heavy atom. The Hall–Kier alpha value is -2.90. The highest BCUT2D eigenvalue weighted by molar-refractivity contribution is 5.76. The number of carbonyl (C=O) groups is 2. The molecule has 2 rings (SSSR count). The van der Waals surface area contributed by atoms with Gasteiger partial charge in [-0.25, -0.2) is 0 Å². The maximum absolute atomic E-state index is 11.5. The molecule has 2 N–H and O–H groups in total. The first kappa shape index (κ1) is 15.5. The average Bonchev–Trinajstić information content (AvgIpc) is 2.54. The molecule has 114 valence electrons. The number of carbonyl (C=O) groups excluding carboxylic acids is 1. The van der Waals surface area contributed by atoms with E-state index in [0.717, 1.165) is 11.1 Å². The third-order valence-electron chi connectivity index (χ3n) is 2.90. The maximum Gasteiger partial charge on any atom is 0.303 e. The zero-order chi connectivity index (χ0) is 15.8. The minimum absolute atomic E-state index is 0.00125. The molecule has 2 aromatic rings. The molecule has 0 aliphatic rings. The standard InChI is InChI=1S/C14H15N5O3/c20-12(2-1-3-13(21)22)15-8-10-4-6-11(7-5-10)14-18-16-9-17-19-14/h4-7,9H,1-3,8H2,(H,15,20)(H,21,22). The van der Waals surface area contributed by atoms with Gasteiger partial charge in [-0.3, -0.25) is 9.59 Å². The average molecular weight is 301 g/mol. The topological polar surface area (TPSA) is 118 Å². The number of amides is 1. The number of carboxylic acids is 1. The third-order valence-corrected chi connectivity index (χ3v) is 2.90. The van der Waals surface area contributed by atoms with Gasteiger partial charge in [0, 0.05) is 24.9 Å². The van der Waals surface area contributed by atoms with Gasteiger partial charge in [-0.15, -0.1) is 20.4 Å². The number of benzene rings is 1. The molecule has 0 bridgehead atoms. The number of rotatable bonds is 7. The van der Waals surface area contributed by atoms with Gasteiger partial charge >= 0.3 is 5.97 Å². The van der Waals surface area contributed by atoms with E-state index in [1.807, 2.05) is 24.3 Å². The van der Waals surface area contributed by atoms with E-state index in [0.29, 0.717) is 18.8 Å². The van der Waals surface area contributed by atoms with Crippen molar-refractivity contribution in [3.05, 3.63) is 36.2 Å². The first-order chi connectivity index (χ1) is 10.6. The zero-order valence-corrected chi connectivity index (χ0v) is 11.8. The summed E-state index contributed by atoms with van der Waals surface area (Å²) in [4.78, 5) is 21.9. The molecule has 0 aliphatic carbocycles. The number of nitrogens with zero attached hydrogens (tertiary/aromatic N) is 4. The molecule has 0 spiro atoms. The van der Waals surface area contributed by atoms with E-state index in [9.17, 15) is 9.59 Å². The summed E-state index contributed by atoms with van der Waals surface area (Å²) in [6.07, 6.45) is 1.81. The third kappa shape index (κ3) is 4.89. The van der Waals surface area contributed by atoms with Gasteiger partial charge < -0.3 is 10.4 Å². The molecule has 1 heterocycles. The molecular weight excluding hydrogens is 286 g/mol. The van der Waals surface area contributed by atoms with Crippen molar-refractivity contribution in [3.8, 4) is 11.4 Å². The lowest BCUT2D eigenvalue weighted by Gasteiger charge is -2.05. The zero-order valence-electron chi connectivity index (χ0n) is 11.8. The number of aliphatic carboxylic acids is 1. The normalized spacial score (nSPS) is 10.2. The number of carboxylic acid groups (broad SMARTS) is 1. The quantitative estimate of drug-likeness (QED) is 0.776. The molecule has 0 unspecified atom stereocenters.